The summed E-state index contributed by atoms with van der Waals surface area (Å²) in [6.45, 7) is 2.09. The molecule has 1 aliphatic rings. The number of amides is 1. The molecule has 19 heavy (non-hydrogen) atoms. The molecule has 0 radical (unpaired) electrons. The van der Waals surface area contributed by atoms with Crippen molar-refractivity contribution in [1.29, 1.82) is 0 Å². The van der Waals surface area contributed by atoms with Gasteiger partial charge in [0.2, 0.25) is 5.91 Å². The fourth-order valence-corrected chi connectivity index (χ4v) is 3.38. The number of rotatable bonds is 3. The summed E-state index contributed by atoms with van der Waals surface area (Å²) < 4.78 is 6.07. The highest BCUT2D eigenvalue weighted by Gasteiger charge is 2.32. The molecule has 1 saturated heterocycles. The molecule has 1 aromatic carbocycles. The van der Waals surface area contributed by atoms with Gasteiger partial charge in [0, 0.05) is 36.9 Å². The molecule has 1 atom stereocenters. The lowest BCUT2D eigenvalue weighted by Crippen LogP contribution is -2.24. The van der Waals surface area contributed by atoms with Crippen LogP contribution < -0.4 is 9.64 Å². The van der Waals surface area contributed by atoms with Crippen molar-refractivity contribution in [2.45, 2.75) is 18.6 Å². The van der Waals surface area contributed by atoms with E-state index >= 15 is 0 Å². The Bertz CT molecular complexity index is 521. The minimum atomic E-state index is 0.0413. The fourth-order valence-electron chi connectivity index (χ4n) is 2.05. The van der Waals surface area contributed by atoms with Gasteiger partial charge in [-0.3, -0.25) is 9.59 Å². The molecule has 6 heteroatoms. The van der Waals surface area contributed by atoms with Crippen molar-refractivity contribution in [1.82, 2.24) is 0 Å². The van der Waals surface area contributed by atoms with E-state index in [4.69, 9.17) is 4.74 Å². The van der Waals surface area contributed by atoms with Crippen LogP contribution in [0, 0.1) is 0 Å². The predicted molar refractivity (Wildman–Crippen MR) is 79.7 cm³/mol. The van der Waals surface area contributed by atoms with Crippen molar-refractivity contribution in [2.24, 2.45) is 0 Å². The second-order valence-electron chi connectivity index (χ2n) is 4.26. The molecular weight excluding hydrogens is 330 g/mol. The molecule has 1 amide bonds. The van der Waals surface area contributed by atoms with Crippen molar-refractivity contribution in [3.05, 3.63) is 22.7 Å². The van der Waals surface area contributed by atoms with Crippen LogP contribution >= 0.6 is 27.7 Å². The Balaban J connectivity index is 2.18. The molecule has 102 valence electrons. The molecule has 1 aromatic rings. The molecule has 1 fully saturated rings. The van der Waals surface area contributed by atoms with Gasteiger partial charge in [0.05, 0.1) is 11.6 Å². The van der Waals surface area contributed by atoms with Crippen molar-refractivity contribution in [2.75, 3.05) is 18.6 Å². The topological polar surface area (TPSA) is 46.6 Å². The van der Waals surface area contributed by atoms with Crippen LogP contribution in [0.2, 0.25) is 0 Å². The summed E-state index contributed by atoms with van der Waals surface area (Å²) in [4.78, 5) is 24.8. The molecule has 0 spiro atoms. The molecule has 0 saturated carbocycles. The maximum atomic E-state index is 12.0. The Morgan fingerprint density at radius 3 is 2.89 bits per heavy atom. The van der Waals surface area contributed by atoms with Crippen LogP contribution in [0.5, 0.6) is 5.75 Å². The normalized spacial score (nSPS) is 18.8. The Morgan fingerprint density at radius 1 is 1.53 bits per heavy atom. The zero-order chi connectivity index (χ0) is 14.0. The molecular formula is C13H14BrNO3S. The van der Waals surface area contributed by atoms with Gasteiger partial charge >= 0.3 is 0 Å². The second-order valence-corrected chi connectivity index (χ2v) is 6.59. The molecule has 1 heterocycles. The van der Waals surface area contributed by atoms with E-state index in [0.29, 0.717) is 18.7 Å². The number of halogens is 1. The number of thioether (sulfide) groups is 1. The molecule has 0 aromatic heterocycles. The SMILES string of the molecule is COc1cc(N2CC(SC(C)=O)CC2=O)ccc1Br. The zero-order valence-electron chi connectivity index (χ0n) is 10.7. The molecule has 0 aliphatic carbocycles. The van der Waals surface area contributed by atoms with Gasteiger partial charge in [-0.2, -0.15) is 0 Å². The van der Waals surface area contributed by atoms with Crippen LogP contribution in [-0.4, -0.2) is 29.9 Å². The van der Waals surface area contributed by atoms with Crippen LogP contribution in [0.3, 0.4) is 0 Å². The quantitative estimate of drug-likeness (QED) is 0.846. The molecule has 0 bridgehead atoms. The minimum absolute atomic E-state index is 0.0413. The number of hydrogen-bond acceptors (Lipinski definition) is 4. The third-order valence-corrected chi connectivity index (χ3v) is 4.50. The first-order valence-corrected chi connectivity index (χ1v) is 7.49. The van der Waals surface area contributed by atoms with Crippen molar-refractivity contribution < 1.29 is 14.3 Å². The van der Waals surface area contributed by atoms with E-state index < -0.39 is 0 Å². The number of ether oxygens (including phenoxy) is 1. The van der Waals surface area contributed by atoms with Gasteiger partial charge in [0.25, 0.3) is 0 Å². The number of methoxy groups -OCH3 is 1. The summed E-state index contributed by atoms with van der Waals surface area (Å²) >= 11 is 4.62. The highest BCUT2D eigenvalue weighted by Crippen LogP contribution is 2.33. The first-order valence-electron chi connectivity index (χ1n) is 5.82. The summed E-state index contributed by atoms with van der Waals surface area (Å²) in [5, 5.41) is 0.0904. The first-order chi connectivity index (χ1) is 9.01. The third kappa shape index (κ3) is 3.30. The third-order valence-electron chi connectivity index (χ3n) is 2.87. The Morgan fingerprint density at radius 2 is 2.26 bits per heavy atom. The van der Waals surface area contributed by atoms with Gasteiger partial charge < -0.3 is 9.64 Å². The van der Waals surface area contributed by atoms with Gasteiger partial charge in [-0.1, -0.05) is 11.8 Å². The standard InChI is InChI=1S/C13H14BrNO3S/c1-8(16)19-10-6-13(17)15(7-10)9-3-4-11(14)12(5-9)18-2/h3-5,10H,6-7H2,1-2H3. The average Bonchev–Trinajstić information content (AvgIpc) is 2.70. The lowest BCUT2D eigenvalue weighted by Gasteiger charge is -2.17. The van der Waals surface area contributed by atoms with E-state index in [9.17, 15) is 9.59 Å². The van der Waals surface area contributed by atoms with Crippen LogP contribution in [-0.2, 0) is 9.59 Å². The summed E-state index contributed by atoms with van der Waals surface area (Å²) in [7, 11) is 1.59. The van der Waals surface area contributed by atoms with E-state index in [1.54, 1.807) is 12.0 Å². The van der Waals surface area contributed by atoms with Crippen LogP contribution in [0.25, 0.3) is 0 Å². The minimum Gasteiger partial charge on any atom is -0.495 e. The summed E-state index contributed by atoms with van der Waals surface area (Å²) in [6, 6.07) is 5.54. The Hall–Kier alpha value is -1.01. The van der Waals surface area contributed by atoms with E-state index in [-0.39, 0.29) is 16.3 Å². The van der Waals surface area contributed by atoms with Gasteiger partial charge in [0.1, 0.15) is 5.75 Å². The number of hydrogen-bond donors (Lipinski definition) is 0. The predicted octanol–water partition coefficient (Wildman–Crippen LogP) is 2.84. The number of nitrogens with zero attached hydrogens (tertiary/aromatic N) is 1. The summed E-state index contributed by atoms with van der Waals surface area (Å²) in [5.74, 6) is 0.732. The number of carbonyl (C=O) groups excluding carboxylic acids is 2. The number of carbonyl (C=O) groups is 2. The van der Waals surface area contributed by atoms with E-state index in [0.717, 1.165) is 10.2 Å². The highest BCUT2D eigenvalue weighted by molar-refractivity contribution is 9.10. The van der Waals surface area contributed by atoms with E-state index in [2.05, 4.69) is 15.9 Å². The molecule has 1 aliphatic heterocycles. The lowest BCUT2D eigenvalue weighted by atomic mass is 10.3. The fraction of sp³-hybridized carbons (Fsp3) is 0.385. The molecule has 0 N–H and O–H groups in total. The largest absolute Gasteiger partial charge is 0.495 e. The van der Waals surface area contributed by atoms with Crippen LogP contribution in [0.1, 0.15) is 13.3 Å². The monoisotopic (exact) mass is 343 g/mol. The van der Waals surface area contributed by atoms with Gasteiger partial charge in [0.15, 0.2) is 5.12 Å². The molecule has 2 rings (SSSR count). The first kappa shape index (κ1) is 14.4. The number of benzene rings is 1. The van der Waals surface area contributed by atoms with Gasteiger partial charge in [-0.15, -0.1) is 0 Å². The van der Waals surface area contributed by atoms with E-state index in [1.165, 1.54) is 18.7 Å². The average molecular weight is 344 g/mol. The lowest BCUT2D eigenvalue weighted by molar-refractivity contribution is -0.117. The van der Waals surface area contributed by atoms with Crippen molar-refractivity contribution >= 4 is 44.4 Å². The highest BCUT2D eigenvalue weighted by atomic mass is 79.9. The Labute approximate surface area is 124 Å². The maximum absolute atomic E-state index is 12.0. The van der Waals surface area contributed by atoms with E-state index in [1.807, 2.05) is 18.2 Å². The molecule has 1 unspecified atom stereocenters. The smallest absolute Gasteiger partial charge is 0.228 e. The molecule has 4 nitrogen and oxygen atoms in total. The van der Waals surface area contributed by atoms with Gasteiger partial charge in [-0.05, 0) is 28.1 Å². The van der Waals surface area contributed by atoms with Gasteiger partial charge in [-0.25, -0.2) is 0 Å². The van der Waals surface area contributed by atoms with Crippen LogP contribution in [0.4, 0.5) is 5.69 Å². The van der Waals surface area contributed by atoms with Crippen molar-refractivity contribution in [3.8, 4) is 5.75 Å². The maximum Gasteiger partial charge on any atom is 0.228 e. The summed E-state index contributed by atoms with van der Waals surface area (Å²) in [5.41, 5.74) is 0.803. The Kier molecular flexibility index (Phi) is 4.52. The van der Waals surface area contributed by atoms with Crippen molar-refractivity contribution in [3.63, 3.8) is 0 Å². The van der Waals surface area contributed by atoms with Crippen LogP contribution in [0.15, 0.2) is 22.7 Å². The number of anilines is 1. The zero-order valence-corrected chi connectivity index (χ0v) is 13.1. The second kappa shape index (κ2) is 5.96. The summed E-state index contributed by atoms with van der Waals surface area (Å²) in [6.07, 6.45) is 0.405.